The van der Waals surface area contributed by atoms with Crippen LogP contribution in [0, 0.1) is 0 Å². The normalized spacial score (nSPS) is 16.6. The van der Waals surface area contributed by atoms with Crippen LogP contribution in [0.3, 0.4) is 0 Å². The Morgan fingerprint density at radius 3 is 1.15 bits per heavy atom. The van der Waals surface area contributed by atoms with Gasteiger partial charge in [0.1, 0.15) is 12.2 Å². The highest BCUT2D eigenvalue weighted by Gasteiger charge is 2.30. The largest absolute Gasteiger partial charge is 0.307 e. The zero-order valence-corrected chi connectivity index (χ0v) is 14.4. The second-order valence-corrected chi connectivity index (χ2v) is 8.40. The van der Waals surface area contributed by atoms with E-state index in [0.29, 0.717) is 0 Å². The van der Waals surface area contributed by atoms with Gasteiger partial charge in [-0.1, -0.05) is 0 Å². The zero-order chi connectivity index (χ0) is 16.1. The molecule has 0 spiro atoms. The second-order valence-electron chi connectivity index (χ2n) is 5.20. The molecule has 0 aliphatic carbocycles. The molecule has 0 aromatic carbocycles. The minimum absolute atomic E-state index is 0.209. The summed E-state index contributed by atoms with van der Waals surface area (Å²) in [5.41, 5.74) is 0. The molecule has 0 saturated heterocycles. The standard InChI is InChI=1S/C10H24N2O6S2/c1-11(2)7-9(17-19(5,13)14)10(8-12(3)4)18-20(6,15)16/h9-10H,7-8H2,1-6H3/t9-,10-/m0/s1. The molecule has 0 aliphatic rings. The van der Waals surface area contributed by atoms with Crippen LogP contribution in [0.1, 0.15) is 0 Å². The lowest BCUT2D eigenvalue weighted by atomic mass is 10.2. The van der Waals surface area contributed by atoms with Crippen LogP contribution < -0.4 is 0 Å². The summed E-state index contributed by atoms with van der Waals surface area (Å²) in [6.07, 6.45) is 0.000283. The number of hydrogen-bond acceptors (Lipinski definition) is 8. The van der Waals surface area contributed by atoms with Crippen molar-refractivity contribution in [2.75, 3.05) is 53.8 Å². The van der Waals surface area contributed by atoms with Gasteiger partial charge >= 0.3 is 0 Å². The molecule has 0 unspecified atom stereocenters. The fraction of sp³-hybridized carbons (Fsp3) is 1.00. The van der Waals surface area contributed by atoms with E-state index in [9.17, 15) is 16.8 Å². The number of nitrogens with zero attached hydrogens (tertiary/aromatic N) is 2. The molecular formula is C10H24N2O6S2. The van der Waals surface area contributed by atoms with Crippen molar-refractivity contribution in [1.82, 2.24) is 9.80 Å². The van der Waals surface area contributed by atoms with Gasteiger partial charge in [0, 0.05) is 13.1 Å². The predicted octanol–water partition coefficient (Wildman–Crippen LogP) is -1.20. The molecule has 0 radical (unpaired) electrons. The maximum atomic E-state index is 11.3. The summed E-state index contributed by atoms with van der Waals surface area (Å²) in [7, 11) is -0.539. The van der Waals surface area contributed by atoms with Crippen LogP contribution in [0.2, 0.25) is 0 Å². The molecule has 2 atom stereocenters. The maximum Gasteiger partial charge on any atom is 0.264 e. The molecule has 0 amide bonds. The zero-order valence-electron chi connectivity index (χ0n) is 12.7. The monoisotopic (exact) mass is 332 g/mol. The third kappa shape index (κ3) is 10.5. The van der Waals surface area contributed by atoms with Crippen LogP contribution >= 0.6 is 0 Å². The number of likely N-dealkylation sites (N-methyl/N-ethyl adjacent to an activating group) is 2. The van der Waals surface area contributed by atoms with E-state index in [2.05, 4.69) is 0 Å². The molecule has 122 valence electrons. The Morgan fingerprint density at radius 2 is 1.00 bits per heavy atom. The molecule has 0 aliphatic heterocycles. The Balaban J connectivity index is 5.25. The topological polar surface area (TPSA) is 93.2 Å². The van der Waals surface area contributed by atoms with Crippen LogP contribution in [-0.4, -0.2) is 92.6 Å². The lowest BCUT2D eigenvalue weighted by Crippen LogP contribution is -2.46. The predicted molar refractivity (Wildman–Crippen MR) is 76.5 cm³/mol. The van der Waals surface area contributed by atoms with Gasteiger partial charge < -0.3 is 9.80 Å². The molecule has 0 aromatic heterocycles. The van der Waals surface area contributed by atoms with Crippen molar-refractivity contribution in [2.24, 2.45) is 0 Å². The summed E-state index contributed by atoms with van der Waals surface area (Å²) in [6, 6.07) is 0. The molecular weight excluding hydrogens is 308 g/mol. The average molecular weight is 332 g/mol. The van der Waals surface area contributed by atoms with E-state index in [1.165, 1.54) is 0 Å². The highest BCUT2D eigenvalue weighted by atomic mass is 32.2. The maximum absolute atomic E-state index is 11.3. The van der Waals surface area contributed by atoms with E-state index in [1.807, 2.05) is 0 Å². The van der Waals surface area contributed by atoms with Crippen molar-refractivity contribution in [1.29, 1.82) is 0 Å². The van der Waals surface area contributed by atoms with Crippen LogP contribution in [0.25, 0.3) is 0 Å². The third-order valence-corrected chi connectivity index (χ3v) is 3.30. The Hall–Kier alpha value is -0.260. The molecule has 10 heteroatoms. The molecule has 0 heterocycles. The third-order valence-electron chi connectivity index (χ3n) is 2.10. The highest BCUT2D eigenvalue weighted by molar-refractivity contribution is 7.86. The highest BCUT2D eigenvalue weighted by Crippen LogP contribution is 2.12. The average Bonchev–Trinajstić information content (AvgIpc) is 2.09. The van der Waals surface area contributed by atoms with Crippen LogP contribution in [0.4, 0.5) is 0 Å². The van der Waals surface area contributed by atoms with E-state index < -0.39 is 32.4 Å². The van der Waals surface area contributed by atoms with E-state index >= 15 is 0 Å². The first kappa shape index (κ1) is 19.7. The van der Waals surface area contributed by atoms with Crippen molar-refractivity contribution in [3.8, 4) is 0 Å². The first-order chi connectivity index (χ1) is 8.80. The first-order valence-corrected chi connectivity index (χ1v) is 9.49. The van der Waals surface area contributed by atoms with Crippen molar-refractivity contribution in [3.63, 3.8) is 0 Å². The SMILES string of the molecule is CN(C)C[C@H](OS(C)(=O)=O)[C@H](CN(C)C)OS(C)(=O)=O. The molecule has 0 saturated carbocycles. The van der Waals surface area contributed by atoms with E-state index in [0.717, 1.165) is 12.5 Å². The van der Waals surface area contributed by atoms with Crippen LogP contribution in [0.15, 0.2) is 0 Å². The van der Waals surface area contributed by atoms with Crippen molar-refractivity contribution >= 4 is 20.2 Å². The van der Waals surface area contributed by atoms with Gasteiger partial charge in [0.05, 0.1) is 12.5 Å². The lowest BCUT2D eigenvalue weighted by molar-refractivity contribution is 0.0320. The summed E-state index contributed by atoms with van der Waals surface area (Å²) in [5.74, 6) is 0. The summed E-state index contributed by atoms with van der Waals surface area (Å²) in [4.78, 5) is 3.40. The van der Waals surface area contributed by atoms with E-state index in [-0.39, 0.29) is 13.1 Å². The first-order valence-electron chi connectivity index (χ1n) is 5.86. The quantitative estimate of drug-likeness (QED) is 0.486. The molecule has 0 aromatic rings. The molecule has 0 N–H and O–H groups in total. The second kappa shape index (κ2) is 7.66. The Labute approximate surface area is 121 Å². The van der Waals surface area contributed by atoms with E-state index in [1.54, 1.807) is 38.0 Å². The number of hydrogen-bond donors (Lipinski definition) is 0. The Bertz CT molecular complexity index is 440. The summed E-state index contributed by atoms with van der Waals surface area (Å²) in [5, 5.41) is 0. The van der Waals surface area contributed by atoms with Gasteiger partial charge in [-0.3, -0.25) is 8.37 Å². The molecule has 0 bridgehead atoms. The molecule has 0 rings (SSSR count). The van der Waals surface area contributed by atoms with Gasteiger partial charge in [-0.25, -0.2) is 0 Å². The number of rotatable bonds is 9. The van der Waals surface area contributed by atoms with Crippen LogP contribution in [0.5, 0.6) is 0 Å². The van der Waals surface area contributed by atoms with Crippen LogP contribution in [-0.2, 0) is 28.6 Å². The Kier molecular flexibility index (Phi) is 7.56. The molecule has 20 heavy (non-hydrogen) atoms. The summed E-state index contributed by atoms with van der Waals surface area (Å²) >= 11 is 0. The Morgan fingerprint density at radius 1 is 0.750 bits per heavy atom. The fourth-order valence-electron chi connectivity index (χ4n) is 1.59. The minimum Gasteiger partial charge on any atom is -0.307 e. The van der Waals surface area contributed by atoms with Gasteiger partial charge in [-0.05, 0) is 28.2 Å². The summed E-state index contributed by atoms with van der Waals surface area (Å²) in [6.45, 7) is 0.419. The van der Waals surface area contributed by atoms with E-state index in [4.69, 9.17) is 8.37 Å². The fourth-order valence-corrected chi connectivity index (χ4v) is 2.86. The van der Waals surface area contributed by atoms with Crippen molar-refractivity contribution in [2.45, 2.75) is 12.2 Å². The van der Waals surface area contributed by atoms with Crippen molar-refractivity contribution in [3.05, 3.63) is 0 Å². The minimum atomic E-state index is -3.73. The summed E-state index contributed by atoms with van der Waals surface area (Å²) < 4.78 is 55.2. The van der Waals surface area contributed by atoms with Gasteiger partial charge in [0.15, 0.2) is 0 Å². The van der Waals surface area contributed by atoms with Gasteiger partial charge in [-0.15, -0.1) is 0 Å². The van der Waals surface area contributed by atoms with Gasteiger partial charge in [0.25, 0.3) is 20.2 Å². The molecule has 8 nitrogen and oxygen atoms in total. The van der Waals surface area contributed by atoms with Gasteiger partial charge in [0.2, 0.25) is 0 Å². The lowest BCUT2D eigenvalue weighted by Gasteiger charge is -2.29. The van der Waals surface area contributed by atoms with Gasteiger partial charge in [-0.2, -0.15) is 16.8 Å². The van der Waals surface area contributed by atoms with Crippen molar-refractivity contribution < 1.29 is 25.2 Å². The smallest absolute Gasteiger partial charge is 0.264 e. The molecule has 0 fully saturated rings.